The summed E-state index contributed by atoms with van der Waals surface area (Å²) in [6.07, 6.45) is 4.13. The summed E-state index contributed by atoms with van der Waals surface area (Å²) in [5.74, 6) is 1.76. The number of aromatic nitrogens is 4. The lowest BCUT2D eigenvalue weighted by molar-refractivity contribution is 0.787. The Labute approximate surface area is 93.5 Å². The lowest BCUT2D eigenvalue weighted by atomic mass is 10.3. The number of hydrogen-bond acceptors (Lipinski definition) is 5. The topological polar surface area (TPSA) is 81.7 Å². The number of aryl methyl sites for hydroxylation is 1. The molecular formula is C10H14N6. The first kappa shape index (κ1) is 10.4. The second-order valence-corrected chi connectivity index (χ2v) is 3.51. The van der Waals surface area contributed by atoms with Gasteiger partial charge in [-0.3, -0.25) is 0 Å². The van der Waals surface area contributed by atoms with Crippen molar-refractivity contribution in [3.05, 3.63) is 30.5 Å². The number of rotatable bonds is 4. The van der Waals surface area contributed by atoms with Crippen molar-refractivity contribution in [2.45, 2.75) is 6.42 Å². The lowest BCUT2D eigenvalue weighted by Gasteiger charge is -2.04. The van der Waals surface area contributed by atoms with Crippen LogP contribution >= 0.6 is 0 Å². The summed E-state index contributed by atoms with van der Waals surface area (Å²) in [5.41, 5.74) is 6.21. The summed E-state index contributed by atoms with van der Waals surface area (Å²) < 4.78 is 1.90. The van der Waals surface area contributed by atoms with Gasteiger partial charge in [0.05, 0.1) is 11.9 Å². The van der Waals surface area contributed by atoms with E-state index in [1.165, 1.54) is 0 Å². The predicted molar refractivity (Wildman–Crippen MR) is 61.8 cm³/mol. The van der Waals surface area contributed by atoms with E-state index in [0.717, 1.165) is 24.6 Å². The van der Waals surface area contributed by atoms with Gasteiger partial charge in [0, 0.05) is 20.0 Å². The fourth-order valence-electron chi connectivity index (χ4n) is 1.35. The molecule has 0 atom stereocenters. The van der Waals surface area contributed by atoms with Gasteiger partial charge in [-0.2, -0.15) is 0 Å². The zero-order chi connectivity index (χ0) is 11.4. The van der Waals surface area contributed by atoms with Gasteiger partial charge in [-0.15, -0.1) is 10.2 Å². The molecule has 0 aromatic carbocycles. The van der Waals surface area contributed by atoms with Crippen molar-refractivity contribution in [3.8, 4) is 0 Å². The van der Waals surface area contributed by atoms with Crippen LogP contribution in [0.4, 0.5) is 11.5 Å². The SMILES string of the molecule is Cn1cnnc1CCNc1ccc(N)cn1. The van der Waals surface area contributed by atoms with Crippen LogP contribution in [-0.4, -0.2) is 26.3 Å². The van der Waals surface area contributed by atoms with Crippen molar-refractivity contribution in [1.82, 2.24) is 19.7 Å². The van der Waals surface area contributed by atoms with Gasteiger partial charge in [-0.05, 0) is 12.1 Å². The highest BCUT2D eigenvalue weighted by atomic mass is 15.2. The second kappa shape index (κ2) is 4.61. The predicted octanol–water partition coefficient (Wildman–Crippen LogP) is 0.447. The minimum absolute atomic E-state index is 0.666. The van der Waals surface area contributed by atoms with E-state index >= 15 is 0 Å². The Bertz CT molecular complexity index is 447. The summed E-state index contributed by atoms with van der Waals surface area (Å²) in [6.45, 7) is 0.767. The summed E-state index contributed by atoms with van der Waals surface area (Å²) in [4.78, 5) is 4.14. The fraction of sp³-hybridized carbons (Fsp3) is 0.300. The van der Waals surface area contributed by atoms with Crippen LogP contribution in [0.1, 0.15) is 5.82 Å². The normalized spacial score (nSPS) is 10.3. The van der Waals surface area contributed by atoms with Crippen molar-refractivity contribution >= 4 is 11.5 Å². The zero-order valence-corrected chi connectivity index (χ0v) is 9.09. The highest BCUT2D eigenvalue weighted by molar-refractivity contribution is 5.43. The van der Waals surface area contributed by atoms with Crippen LogP contribution in [0.25, 0.3) is 0 Å². The molecule has 0 aliphatic heterocycles. The van der Waals surface area contributed by atoms with Crippen molar-refractivity contribution in [3.63, 3.8) is 0 Å². The molecule has 6 heteroatoms. The Morgan fingerprint density at radius 3 is 2.94 bits per heavy atom. The van der Waals surface area contributed by atoms with E-state index in [0.29, 0.717) is 5.69 Å². The monoisotopic (exact) mass is 218 g/mol. The molecule has 0 radical (unpaired) electrons. The van der Waals surface area contributed by atoms with E-state index < -0.39 is 0 Å². The van der Waals surface area contributed by atoms with Gasteiger partial charge in [0.15, 0.2) is 0 Å². The maximum Gasteiger partial charge on any atom is 0.134 e. The molecule has 0 saturated carbocycles. The third kappa shape index (κ3) is 2.47. The summed E-state index contributed by atoms with van der Waals surface area (Å²) in [6, 6.07) is 3.67. The number of pyridine rings is 1. The largest absolute Gasteiger partial charge is 0.397 e. The van der Waals surface area contributed by atoms with Gasteiger partial charge >= 0.3 is 0 Å². The summed E-state index contributed by atoms with van der Waals surface area (Å²) in [5, 5.41) is 11.0. The van der Waals surface area contributed by atoms with Gasteiger partial charge in [0.2, 0.25) is 0 Å². The van der Waals surface area contributed by atoms with Crippen LogP contribution in [0.2, 0.25) is 0 Å². The fourth-order valence-corrected chi connectivity index (χ4v) is 1.35. The number of nitrogens with one attached hydrogen (secondary N) is 1. The van der Waals surface area contributed by atoms with Gasteiger partial charge in [-0.25, -0.2) is 4.98 Å². The molecule has 0 unspecified atom stereocenters. The van der Waals surface area contributed by atoms with Crippen molar-refractivity contribution < 1.29 is 0 Å². The van der Waals surface area contributed by atoms with E-state index in [-0.39, 0.29) is 0 Å². The van der Waals surface area contributed by atoms with Crippen LogP contribution in [0, 0.1) is 0 Å². The minimum atomic E-state index is 0.666. The molecule has 84 valence electrons. The molecule has 0 saturated heterocycles. The number of nitrogens with zero attached hydrogens (tertiary/aromatic N) is 4. The quantitative estimate of drug-likeness (QED) is 0.778. The van der Waals surface area contributed by atoms with E-state index in [4.69, 9.17) is 5.73 Å². The third-order valence-corrected chi connectivity index (χ3v) is 2.25. The van der Waals surface area contributed by atoms with Crippen molar-refractivity contribution in [2.75, 3.05) is 17.6 Å². The van der Waals surface area contributed by atoms with Gasteiger partial charge in [0.1, 0.15) is 18.0 Å². The molecule has 0 aliphatic carbocycles. The summed E-state index contributed by atoms with van der Waals surface area (Å²) >= 11 is 0. The molecule has 3 N–H and O–H groups in total. The van der Waals surface area contributed by atoms with Crippen LogP contribution in [0.15, 0.2) is 24.7 Å². The molecule has 2 rings (SSSR count). The molecule has 2 heterocycles. The summed E-state index contributed by atoms with van der Waals surface area (Å²) in [7, 11) is 1.93. The maximum atomic E-state index is 5.54. The average molecular weight is 218 g/mol. The Morgan fingerprint density at radius 1 is 1.44 bits per heavy atom. The van der Waals surface area contributed by atoms with Crippen LogP contribution in [0.5, 0.6) is 0 Å². The molecule has 0 amide bonds. The molecular weight excluding hydrogens is 204 g/mol. The third-order valence-electron chi connectivity index (χ3n) is 2.25. The van der Waals surface area contributed by atoms with E-state index in [1.807, 2.05) is 23.7 Å². The molecule has 0 bridgehead atoms. The highest BCUT2D eigenvalue weighted by Gasteiger charge is 2.00. The Morgan fingerprint density at radius 2 is 2.31 bits per heavy atom. The van der Waals surface area contributed by atoms with Crippen LogP contribution in [-0.2, 0) is 13.5 Å². The van der Waals surface area contributed by atoms with Crippen LogP contribution < -0.4 is 11.1 Å². The Balaban J connectivity index is 1.84. The van der Waals surface area contributed by atoms with Gasteiger partial charge in [-0.1, -0.05) is 0 Å². The zero-order valence-electron chi connectivity index (χ0n) is 9.09. The lowest BCUT2D eigenvalue weighted by Crippen LogP contribution is -2.09. The minimum Gasteiger partial charge on any atom is -0.397 e. The molecule has 6 nitrogen and oxygen atoms in total. The average Bonchev–Trinajstić information content (AvgIpc) is 2.68. The Hall–Kier alpha value is -2.11. The second-order valence-electron chi connectivity index (χ2n) is 3.51. The van der Waals surface area contributed by atoms with Gasteiger partial charge < -0.3 is 15.6 Å². The number of hydrogen-bond donors (Lipinski definition) is 2. The van der Waals surface area contributed by atoms with E-state index in [1.54, 1.807) is 12.5 Å². The smallest absolute Gasteiger partial charge is 0.134 e. The van der Waals surface area contributed by atoms with Crippen molar-refractivity contribution in [2.24, 2.45) is 7.05 Å². The van der Waals surface area contributed by atoms with Crippen LogP contribution in [0.3, 0.4) is 0 Å². The number of nitrogen functional groups attached to an aromatic ring is 1. The molecule has 2 aromatic heterocycles. The first-order chi connectivity index (χ1) is 7.75. The maximum absolute atomic E-state index is 5.54. The molecule has 0 aliphatic rings. The van der Waals surface area contributed by atoms with E-state index in [2.05, 4.69) is 20.5 Å². The number of nitrogens with two attached hydrogens (primary N) is 1. The molecule has 0 fully saturated rings. The first-order valence-electron chi connectivity index (χ1n) is 5.04. The van der Waals surface area contributed by atoms with Gasteiger partial charge in [0.25, 0.3) is 0 Å². The first-order valence-corrected chi connectivity index (χ1v) is 5.04. The highest BCUT2D eigenvalue weighted by Crippen LogP contribution is 2.05. The Kier molecular flexibility index (Phi) is 3.00. The molecule has 2 aromatic rings. The van der Waals surface area contributed by atoms with Crippen molar-refractivity contribution in [1.29, 1.82) is 0 Å². The standard InChI is InChI=1S/C10H14N6/c1-16-7-14-15-10(16)4-5-12-9-3-2-8(11)6-13-9/h2-3,6-7H,4-5,11H2,1H3,(H,12,13). The van der Waals surface area contributed by atoms with E-state index in [9.17, 15) is 0 Å². The molecule has 16 heavy (non-hydrogen) atoms. The molecule has 0 spiro atoms. The number of anilines is 2.